The number of amides is 1. The number of nitrogens with one attached hydrogen (secondary N) is 1. The van der Waals surface area contributed by atoms with Crippen molar-refractivity contribution in [1.82, 2.24) is 9.97 Å². The number of carbonyl (C=O) groups excluding carboxylic acids is 1. The summed E-state index contributed by atoms with van der Waals surface area (Å²) in [5.74, 6) is 1.34. The molecule has 0 unspecified atom stereocenters. The quantitative estimate of drug-likeness (QED) is 0.674. The molecule has 0 saturated carbocycles. The average molecular weight is 421 g/mol. The number of anilines is 3. The second kappa shape index (κ2) is 9.77. The van der Waals surface area contributed by atoms with Crippen LogP contribution >= 0.6 is 0 Å². The molecular weight excluding hydrogens is 395 g/mol. The molecule has 162 valence electrons. The molecule has 1 N–H and O–H groups in total. The van der Waals surface area contributed by atoms with Crippen molar-refractivity contribution in [1.29, 1.82) is 0 Å². The minimum Gasteiger partial charge on any atom is -0.353 e. The van der Waals surface area contributed by atoms with E-state index < -0.39 is 11.7 Å². The Morgan fingerprint density at radius 1 is 0.967 bits per heavy atom. The van der Waals surface area contributed by atoms with E-state index in [2.05, 4.69) is 27.1 Å². The summed E-state index contributed by atoms with van der Waals surface area (Å²) in [7, 11) is 0. The Morgan fingerprint density at radius 2 is 1.57 bits per heavy atom. The molecular formula is C21H26F3N5O. The Morgan fingerprint density at radius 3 is 2.03 bits per heavy atom. The Labute approximate surface area is 174 Å². The smallest absolute Gasteiger partial charge is 0.353 e. The zero-order valence-electron chi connectivity index (χ0n) is 17.0. The maximum Gasteiger partial charge on any atom is 0.417 e. The van der Waals surface area contributed by atoms with Gasteiger partial charge in [-0.2, -0.15) is 13.2 Å². The summed E-state index contributed by atoms with van der Waals surface area (Å²) in [6.45, 7) is 4.73. The summed E-state index contributed by atoms with van der Waals surface area (Å²) < 4.78 is 38.0. The Hall–Kier alpha value is -2.84. The molecule has 0 atom stereocenters. The maximum atomic E-state index is 12.7. The van der Waals surface area contributed by atoms with E-state index in [1.165, 1.54) is 6.07 Å². The highest BCUT2D eigenvalue weighted by molar-refractivity contribution is 5.90. The molecule has 6 nitrogen and oxygen atoms in total. The van der Waals surface area contributed by atoms with Gasteiger partial charge in [0.1, 0.15) is 11.6 Å². The maximum absolute atomic E-state index is 12.7. The number of piperazine rings is 1. The molecule has 0 aromatic carbocycles. The molecule has 0 aliphatic carbocycles. The number of alkyl halides is 3. The normalized spacial score (nSPS) is 14.7. The third-order valence-electron chi connectivity index (χ3n) is 5.04. The first kappa shape index (κ1) is 21.9. The van der Waals surface area contributed by atoms with Gasteiger partial charge in [-0.25, -0.2) is 9.97 Å². The Bertz CT molecular complexity index is 816. The molecule has 2 aromatic rings. The van der Waals surface area contributed by atoms with E-state index in [1.54, 1.807) is 6.20 Å². The topological polar surface area (TPSA) is 61.4 Å². The van der Waals surface area contributed by atoms with Crippen LogP contribution in [0.15, 0.2) is 36.7 Å². The summed E-state index contributed by atoms with van der Waals surface area (Å²) >= 11 is 0. The van der Waals surface area contributed by atoms with Crippen molar-refractivity contribution in [3.05, 3.63) is 42.2 Å². The molecule has 1 aliphatic rings. The lowest BCUT2D eigenvalue weighted by atomic mass is 10.2. The molecule has 1 amide bonds. The van der Waals surface area contributed by atoms with Gasteiger partial charge in [-0.1, -0.05) is 19.8 Å². The van der Waals surface area contributed by atoms with Gasteiger partial charge >= 0.3 is 6.18 Å². The number of hydrogen-bond donors (Lipinski definition) is 1. The lowest BCUT2D eigenvalue weighted by molar-refractivity contribution is -0.137. The van der Waals surface area contributed by atoms with E-state index in [0.29, 0.717) is 44.1 Å². The fraction of sp³-hybridized carbons (Fsp3) is 0.476. The minimum absolute atomic E-state index is 0.00402. The lowest BCUT2D eigenvalue weighted by Crippen LogP contribution is -2.47. The number of halogens is 3. The summed E-state index contributed by atoms with van der Waals surface area (Å²) in [6.07, 6.45) is 1.65. The van der Waals surface area contributed by atoms with Crippen LogP contribution in [-0.2, 0) is 11.0 Å². The zero-order chi connectivity index (χ0) is 21.6. The number of carbonyl (C=O) groups is 1. The molecule has 30 heavy (non-hydrogen) atoms. The van der Waals surface area contributed by atoms with Crippen molar-refractivity contribution >= 4 is 23.2 Å². The van der Waals surface area contributed by atoms with Gasteiger partial charge in [-0.15, -0.1) is 0 Å². The second-order valence-corrected chi connectivity index (χ2v) is 7.29. The third kappa shape index (κ3) is 5.84. The van der Waals surface area contributed by atoms with Crippen molar-refractivity contribution in [3.8, 4) is 0 Å². The van der Waals surface area contributed by atoms with Crippen LogP contribution in [0.25, 0.3) is 0 Å². The molecule has 1 aliphatic heterocycles. The van der Waals surface area contributed by atoms with Gasteiger partial charge in [0.2, 0.25) is 5.91 Å². The van der Waals surface area contributed by atoms with Crippen molar-refractivity contribution in [3.63, 3.8) is 0 Å². The molecule has 2 aromatic heterocycles. The summed E-state index contributed by atoms with van der Waals surface area (Å²) in [6, 6.07) is 6.18. The van der Waals surface area contributed by atoms with E-state index in [9.17, 15) is 18.0 Å². The third-order valence-corrected chi connectivity index (χ3v) is 5.04. The number of unbranched alkanes of at least 4 members (excludes halogenated alkanes) is 2. The molecule has 1 saturated heterocycles. The zero-order valence-corrected chi connectivity index (χ0v) is 17.0. The van der Waals surface area contributed by atoms with E-state index in [0.717, 1.165) is 37.3 Å². The van der Waals surface area contributed by atoms with Gasteiger partial charge in [-0.3, -0.25) is 4.79 Å². The van der Waals surface area contributed by atoms with Gasteiger partial charge in [0.05, 0.1) is 17.4 Å². The van der Waals surface area contributed by atoms with E-state index in [4.69, 9.17) is 0 Å². The number of hydrogen-bond acceptors (Lipinski definition) is 5. The number of nitrogens with zero attached hydrogens (tertiary/aromatic N) is 4. The van der Waals surface area contributed by atoms with Crippen LogP contribution in [0.3, 0.4) is 0 Å². The van der Waals surface area contributed by atoms with Crippen molar-refractivity contribution in [2.45, 2.75) is 38.8 Å². The average Bonchev–Trinajstić information content (AvgIpc) is 2.74. The van der Waals surface area contributed by atoms with Crippen LogP contribution in [-0.4, -0.2) is 42.1 Å². The molecule has 1 fully saturated rings. The van der Waals surface area contributed by atoms with Gasteiger partial charge in [0, 0.05) is 38.8 Å². The largest absolute Gasteiger partial charge is 0.417 e. The van der Waals surface area contributed by atoms with E-state index >= 15 is 0 Å². The first-order valence-electron chi connectivity index (χ1n) is 10.2. The SMILES string of the molecule is CCCCCC(=O)Nc1ccc(N2CCN(c3ccc(C(F)(F)F)cn3)CC2)nc1. The highest BCUT2D eigenvalue weighted by atomic mass is 19.4. The van der Waals surface area contributed by atoms with Crippen LogP contribution in [0.5, 0.6) is 0 Å². The van der Waals surface area contributed by atoms with Gasteiger partial charge in [-0.05, 0) is 30.7 Å². The monoisotopic (exact) mass is 421 g/mol. The lowest BCUT2D eigenvalue weighted by Gasteiger charge is -2.36. The Kier molecular flexibility index (Phi) is 7.12. The van der Waals surface area contributed by atoms with Crippen LogP contribution in [0.2, 0.25) is 0 Å². The number of rotatable bonds is 7. The summed E-state index contributed by atoms with van der Waals surface area (Å²) in [5, 5.41) is 2.86. The van der Waals surface area contributed by atoms with Crippen LogP contribution < -0.4 is 15.1 Å². The predicted molar refractivity (Wildman–Crippen MR) is 111 cm³/mol. The van der Waals surface area contributed by atoms with Crippen molar-refractivity contribution < 1.29 is 18.0 Å². The summed E-state index contributed by atoms with van der Waals surface area (Å²) in [5.41, 5.74) is -0.0699. The molecule has 9 heteroatoms. The first-order valence-corrected chi connectivity index (χ1v) is 10.2. The Balaban J connectivity index is 1.50. The highest BCUT2D eigenvalue weighted by Gasteiger charge is 2.31. The fourth-order valence-corrected chi connectivity index (χ4v) is 3.31. The summed E-state index contributed by atoms with van der Waals surface area (Å²) in [4.78, 5) is 24.4. The van der Waals surface area contributed by atoms with Crippen molar-refractivity contribution in [2.75, 3.05) is 41.3 Å². The van der Waals surface area contributed by atoms with Crippen LogP contribution in [0.1, 0.15) is 38.2 Å². The van der Waals surface area contributed by atoms with Gasteiger partial charge in [0.15, 0.2) is 0 Å². The molecule has 3 rings (SSSR count). The second-order valence-electron chi connectivity index (χ2n) is 7.29. The molecule has 0 radical (unpaired) electrons. The number of aromatic nitrogens is 2. The van der Waals surface area contributed by atoms with Crippen LogP contribution in [0, 0.1) is 0 Å². The minimum atomic E-state index is -4.38. The van der Waals surface area contributed by atoms with Gasteiger partial charge < -0.3 is 15.1 Å². The first-order chi connectivity index (χ1) is 14.4. The van der Waals surface area contributed by atoms with E-state index in [1.807, 2.05) is 17.0 Å². The van der Waals surface area contributed by atoms with Crippen molar-refractivity contribution in [2.24, 2.45) is 0 Å². The molecule has 0 spiro atoms. The fourth-order valence-electron chi connectivity index (χ4n) is 3.31. The highest BCUT2D eigenvalue weighted by Crippen LogP contribution is 2.29. The standard InChI is InChI=1S/C21H26F3N5O/c1-2-3-4-5-20(30)27-17-7-9-19(26-15-17)29-12-10-28(11-13-29)18-8-6-16(14-25-18)21(22,23)24/h6-9,14-15H,2-5,10-13H2,1H3,(H,27,30). The molecule has 0 bridgehead atoms. The predicted octanol–water partition coefficient (Wildman–Crippen LogP) is 4.34. The van der Waals surface area contributed by atoms with E-state index in [-0.39, 0.29) is 5.91 Å². The van der Waals surface area contributed by atoms with Crippen LogP contribution in [0.4, 0.5) is 30.5 Å². The molecule has 3 heterocycles. The number of pyridine rings is 2. The van der Waals surface area contributed by atoms with Gasteiger partial charge in [0.25, 0.3) is 0 Å².